The largest absolute Gasteiger partial charge is 0.355 e. The van der Waals surface area contributed by atoms with E-state index in [1.54, 1.807) is 0 Å². The number of rotatable bonds is 5. The molecule has 1 heterocycles. The van der Waals surface area contributed by atoms with Crippen LogP contribution in [0.15, 0.2) is 0 Å². The number of nitrogens with one attached hydrogen (secondary N) is 2. The summed E-state index contributed by atoms with van der Waals surface area (Å²) < 4.78 is 0. The zero-order chi connectivity index (χ0) is 9.68. The third kappa shape index (κ3) is 2.97. The Morgan fingerprint density at radius 2 is 2.23 bits per heavy atom. The summed E-state index contributed by atoms with van der Waals surface area (Å²) in [6.45, 7) is 8.29. The van der Waals surface area contributed by atoms with Gasteiger partial charge >= 0.3 is 0 Å². The van der Waals surface area contributed by atoms with E-state index in [4.69, 9.17) is 0 Å². The highest BCUT2D eigenvalue weighted by molar-refractivity contribution is 5.77. The molecule has 13 heavy (non-hydrogen) atoms. The van der Waals surface area contributed by atoms with Gasteiger partial charge in [-0.1, -0.05) is 6.92 Å². The third-order valence-corrected chi connectivity index (χ3v) is 2.40. The predicted octanol–water partition coefficient (Wildman–Crippen LogP) is -0.584. The van der Waals surface area contributed by atoms with Crippen molar-refractivity contribution in [1.29, 1.82) is 0 Å². The second-order valence-corrected chi connectivity index (χ2v) is 3.33. The number of hydrogen-bond acceptors (Lipinski definition) is 3. The minimum atomic E-state index is 0.135. The summed E-state index contributed by atoms with van der Waals surface area (Å²) in [5.74, 6) is 0.135. The fourth-order valence-corrected chi connectivity index (χ4v) is 1.47. The van der Waals surface area contributed by atoms with Gasteiger partial charge in [-0.2, -0.15) is 0 Å². The Labute approximate surface area is 79.7 Å². The Bertz CT molecular complexity index is 168. The Morgan fingerprint density at radius 3 is 2.62 bits per heavy atom. The van der Waals surface area contributed by atoms with Crippen molar-refractivity contribution in [3.8, 4) is 0 Å². The first-order valence-corrected chi connectivity index (χ1v) is 4.99. The Kier molecular flexibility index (Phi) is 4.18. The average molecular weight is 185 g/mol. The van der Waals surface area contributed by atoms with Crippen LogP contribution in [0.2, 0.25) is 0 Å². The Balaban J connectivity index is 2.25. The average Bonchev–Trinajstić information content (AvgIpc) is 2.00. The molecule has 0 unspecified atom stereocenters. The quantitative estimate of drug-likeness (QED) is 0.602. The molecule has 1 aliphatic rings. The molecule has 0 aromatic heterocycles. The van der Waals surface area contributed by atoms with E-state index in [9.17, 15) is 4.79 Å². The van der Waals surface area contributed by atoms with Crippen LogP contribution in [0.1, 0.15) is 13.8 Å². The highest BCUT2D eigenvalue weighted by atomic mass is 16.2. The number of amides is 1. The van der Waals surface area contributed by atoms with Gasteiger partial charge in [-0.25, -0.2) is 0 Å². The van der Waals surface area contributed by atoms with E-state index in [2.05, 4.69) is 22.5 Å². The number of carbonyl (C=O) groups excluding carboxylic acids is 1. The second-order valence-electron chi connectivity index (χ2n) is 3.33. The Morgan fingerprint density at radius 1 is 1.54 bits per heavy atom. The summed E-state index contributed by atoms with van der Waals surface area (Å²) in [7, 11) is 0. The lowest BCUT2D eigenvalue weighted by molar-refractivity contribution is -0.122. The molecule has 4 nitrogen and oxygen atoms in total. The first kappa shape index (κ1) is 10.5. The van der Waals surface area contributed by atoms with Crippen LogP contribution in [0.3, 0.4) is 0 Å². The summed E-state index contributed by atoms with van der Waals surface area (Å²) >= 11 is 0. The SMILES string of the molecule is CCNC(=O)CN(CC)C1CNC1. The van der Waals surface area contributed by atoms with Crippen LogP contribution in [-0.4, -0.2) is 49.6 Å². The van der Waals surface area contributed by atoms with Gasteiger partial charge in [0.25, 0.3) is 0 Å². The van der Waals surface area contributed by atoms with E-state index in [-0.39, 0.29) is 5.91 Å². The van der Waals surface area contributed by atoms with Crippen LogP contribution < -0.4 is 10.6 Å². The molecule has 0 atom stereocenters. The van der Waals surface area contributed by atoms with Gasteiger partial charge in [0.05, 0.1) is 6.54 Å². The van der Waals surface area contributed by atoms with E-state index in [1.165, 1.54) is 0 Å². The van der Waals surface area contributed by atoms with Crippen molar-refractivity contribution in [2.75, 3.05) is 32.7 Å². The highest BCUT2D eigenvalue weighted by Crippen LogP contribution is 2.03. The summed E-state index contributed by atoms with van der Waals surface area (Å²) in [6.07, 6.45) is 0. The molecular weight excluding hydrogens is 166 g/mol. The molecule has 0 radical (unpaired) electrons. The monoisotopic (exact) mass is 185 g/mol. The molecule has 1 amide bonds. The van der Waals surface area contributed by atoms with Crippen molar-refractivity contribution in [3.05, 3.63) is 0 Å². The number of likely N-dealkylation sites (N-methyl/N-ethyl adjacent to an activating group) is 2. The fourth-order valence-electron chi connectivity index (χ4n) is 1.47. The van der Waals surface area contributed by atoms with E-state index >= 15 is 0 Å². The lowest BCUT2D eigenvalue weighted by atomic mass is 10.1. The maximum atomic E-state index is 11.3. The minimum absolute atomic E-state index is 0.135. The first-order valence-electron chi connectivity index (χ1n) is 4.99. The maximum Gasteiger partial charge on any atom is 0.234 e. The molecule has 0 saturated carbocycles. The maximum absolute atomic E-state index is 11.3. The fraction of sp³-hybridized carbons (Fsp3) is 0.889. The van der Waals surface area contributed by atoms with Crippen molar-refractivity contribution in [2.24, 2.45) is 0 Å². The molecule has 76 valence electrons. The standard InChI is InChI=1S/C9H19N3O/c1-3-11-9(13)7-12(4-2)8-5-10-6-8/h8,10H,3-7H2,1-2H3,(H,11,13). The molecule has 0 spiro atoms. The lowest BCUT2D eigenvalue weighted by Crippen LogP contribution is -2.58. The molecule has 0 aromatic rings. The molecule has 4 heteroatoms. The van der Waals surface area contributed by atoms with Gasteiger partial charge in [0, 0.05) is 25.7 Å². The van der Waals surface area contributed by atoms with Crippen molar-refractivity contribution in [3.63, 3.8) is 0 Å². The Hall–Kier alpha value is -0.610. The lowest BCUT2D eigenvalue weighted by Gasteiger charge is -2.37. The van der Waals surface area contributed by atoms with Gasteiger partial charge in [0.15, 0.2) is 0 Å². The highest BCUT2D eigenvalue weighted by Gasteiger charge is 2.24. The van der Waals surface area contributed by atoms with E-state index in [0.29, 0.717) is 12.6 Å². The summed E-state index contributed by atoms with van der Waals surface area (Å²) in [6, 6.07) is 0.563. The number of hydrogen-bond donors (Lipinski definition) is 2. The molecule has 1 fully saturated rings. The van der Waals surface area contributed by atoms with Crippen molar-refractivity contribution in [2.45, 2.75) is 19.9 Å². The topological polar surface area (TPSA) is 44.4 Å². The van der Waals surface area contributed by atoms with Crippen LogP contribution in [0.5, 0.6) is 0 Å². The minimum Gasteiger partial charge on any atom is -0.355 e. The van der Waals surface area contributed by atoms with Gasteiger partial charge in [-0.15, -0.1) is 0 Å². The van der Waals surface area contributed by atoms with Gasteiger partial charge in [-0.3, -0.25) is 9.69 Å². The second kappa shape index (κ2) is 5.19. The summed E-state index contributed by atoms with van der Waals surface area (Å²) in [5.41, 5.74) is 0. The van der Waals surface area contributed by atoms with Crippen LogP contribution >= 0.6 is 0 Å². The van der Waals surface area contributed by atoms with Crippen LogP contribution in [-0.2, 0) is 4.79 Å². The molecule has 1 saturated heterocycles. The van der Waals surface area contributed by atoms with Gasteiger partial charge in [-0.05, 0) is 13.5 Å². The number of carbonyl (C=O) groups is 1. The van der Waals surface area contributed by atoms with Gasteiger partial charge in [0.1, 0.15) is 0 Å². The van der Waals surface area contributed by atoms with E-state index in [1.807, 2.05) is 6.92 Å². The van der Waals surface area contributed by atoms with Crippen molar-refractivity contribution in [1.82, 2.24) is 15.5 Å². The van der Waals surface area contributed by atoms with Crippen LogP contribution in [0.4, 0.5) is 0 Å². The third-order valence-electron chi connectivity index (χ3n) is 2.40. The molecule has 0 bridgehead atoms. The summed E-state index contributed by atoms with van der Waals surface area (Å²) in [4.78, 5) is 13.5. The molecule has 1 aliphatic heterocycles. The van der Waals surface area contributed by atoms with E-state index in [0.717, 1.165) is 26.2 Å². The van der Waals surface area contributed by atoms with Gasteiger partial charge < -0.3 is 10.6 Å². The van der Waals surface area contributed by atoms with Crippen molar-refractivity contribution < 1.29 is 4.79 Å². The van der Waals surface area contributed by atoms with Crippen LogP contribution in [0.25, 0.3) is 0 Å². The molecule has 0 aromatic carbocycles. The van der Waals surface area contributed by atoms with Crippen LogP contribution in [0, 0.1) is 0 Å². The molecular formula is C9H19N3O. The first-order chi connectivity index (χ1) is 6.27. The number of nitrogens with zero attached hydrogens (tertiary/aromatic N) is 1. The van der Waals surface area contributed by atoms with Gasteiger partial charge in [0.2, 0.25) is 5.91 Å². The zero-order valence-corrected chi connectivity index (χ0v) is 8.47. The zero-order valence-electron chi connectivity index (χ0n) is 8.47. The van der Waals surface area contributed by atoms with Crippen molar-refractivity contribution >= 4 is 5.91 Å². The predicted molar refractivity (Wildman–Crippen MR) is 52.6 cm³/mol. The molecule has 0 aliphatic carbocycles. The molecule has 1 rings (SSSR count). The summed E-state index contributed by atoms with van der Waals surface area (Å²) in [5, 5.41) is 6.02. The smallest absolute Gasteiger partial charge is 0.234 e. The molecule has 2 N–H and O–H groups in total. The van der Waals surface area contributed by atoms with E-state index < -0.39 is 0 Å². The normalized spacial score (nSPS) is 17.2.